The number of hydrogen-bond donors (Lipinski definition) is 0. The number of carbonyl (C=O) groups is 1. The summed E-state index contributed by atoms with van der Waals surface area (Å²) in [6.07, 6.45) is 11.2. The molecule has 0 aromatic rings. The summed E-state index contributed by atoms with van der Waals surface area (Å²) >= 11 is 0. The van der Waals surface area contributed by atoms with Gasteiger partial charge >= 0.3 is 0 Å². The molecule has 97 valence electrons. The molecule has 0 saturated heterocycles. The van der Waals surface area contributed by atoms with Crippen molar-refractivity contribution < 1.29 is 33.9 Å². The molecule has 0 amide bonds. The van der Waals surface area contributed by atoms with Crippen LogP contribution in [-0.2, 0) is 28.8 Å². The molecule has 0 unspecified atom stereocenters. The van der Waals surface area contributed by atoms with Crippen LogP contribution in [0, 0.1) is 0 Å². The number of aliphatic carboxylic acids is 1. The SMILES string of the molecule is CCCCCCCCCCCC(=O)[O-].[O-2].[V]. The summed E-state index contributed by atoms with van der Waals surface area (Å²) in [5.41, 5.74) is 0. The fourth-order valence-electron chi connectivity index (χ4n) is 1.58. The van der Waals surface area contributed by atoms with Gasteiger partial charge in [0.2, 0.25) is 0 Å². The number of carboxylic acid groups (broad SMARTS) is 1. The first-order valence-electron chi connectivity index (χ1n) is 5.97. The van der Waals surface area contributed by atoms with Crippen LogP contribution in [0.2, 0.25) is 0 Å². The van der Waals surface area contributed by atoms with E-state index >= 15 is 0 Å². The van der Waals surface area contributed by atoms with E-state index in [1.54, 1.807) is 0 Å². The van der Waals surface area contributed by atoms with Crippen molar-refractivity contribution in [3.8, 4) is 0 Å². The van der Waals surface area contributed by atoms with E-state index in [-0.39, 0.29) is 30.5 Å². The molecule has 4 heteroatoms. The third-order valence-electron chi connectivity index (χ3n) is 2.48. The molecule has 0 bridgehead atoms. The Morgan fingerprint density at radius 1 is 0.875 bits per heavy atom. The van der Waals surface area contributed by atoms with Crippen molar-refractivity contribution in [2.45, 2.75) is 71.1 Å². The van der Waals surface area contributed by atoms with Gasteiger partial charge in [-0.1, -0.05) is 58.3 Å². The molecule has 0 spiro atoms. The molecule has 0 aromatic heterocycles. The van der Waals surface area contributed by atoms with Crippen LogP contribution in [0.4, 0.5) is 0 Å². The second-order valence-electron chi connectivity index (χ2n) is 3.95. The Hall–Kier alpha value is 0.0144. The largest absolute Gasteiger partial charge is 2.00 e. The summed E-state index contributed by atoms with van der Waals surface area (Å²) in [6, 6.07) is 0. The number of rotatable bonds is 10. The van der Waals surface area contributed by atoms with E-state index in [9.17, 15) is 9.90 Å². The van der Waals surface area contributed by atoms with E-state index in [1.807, 2.05) is 0 Å². The van der Waals surface area contributed by atoms with Crippen molar-refractivity contribution in [1.29, 1.82) is 0 Å². The molecule has 0 aliphatic carbocycles. The van der Waals surface area contributed by atoms with Gasteiger partial charge in [-0.3, -0.25) is 0 Å². The van der Waals surface area contributed by atoms with Gasteiger partial charge in [-0.15, -0.1) is 0 Å². The van der Waals surface area contributed by atoms with Crippen LogP contribution in [0.3, 0.4) is 0 Å². The quantitative estimate of drug-likeness (QED) is 0.570. The molecule has 0 aromatic carbocycles. The summed E-state index contributed by atoms with van der Waals surface area (Å²) in [5, 5.41) is 10.1. The Morgan fingerprint density at radius 2 is 1.25 bits per heavy atom. The minimum atomic E-state index is -0.909. The van der Waals surface area contributed by atoms with Crippen LogP contribution in [0.25, 0.3) is 0 Å². The Bertz CT molecular complexity index is 140. The Labute approximate surface area is 111 Å². The molecular weight excluding hydrogens is 243 g/mol. The summed E-state index contributed by atoms with van der Waals surface area (Å²) in [4.78, 5) is 10.1. The predicted octanol–water partition coefficient (Wildman–Crippen LogP) is 2.54. The van der Waals surface area contributed by atoms with Gasteiger partial charge in [0.25, 0.3) is 0 Å². The second-order valence-corrected chi connectivity index (χ2v) is 3.95. The average Bonchev–Trinajstić information content (AvgIpc) is 2.15. The van der Waals surface area contributed by atoms with Crippen LogP contribution < -0.4 is 5.11 Å². The van der Waals surface area contributed by atoms with E-state index < -0.39 is 5.97 Å². The first-order chi connectivity index (χ1) is 6.77. The molecule has 0 heterocycles. The molecule has 3 nitrogen and oxygen atoms in total. The molecule has 0 N–H and O–H groups in total. The van der Waals surface area contributed by atoms with E-state index in [2.05, 4.69) is 6.92 Å². The van der Waals surface area contributed by atoms with Crippen LogP contribution >= 0.6 is 0 Å². The fraction of sp³-hybridized carbons (Fsp3) is 0.917. The van der Waals surface area contributed by atoms with Crippen LogP contribution in [0.5, 0.6) is 0 Å². The maximum absolute atomic E-state index is 10.1. The second kappa shape index (κ2) is 17.4. The Kier molecular flexibility index (Phi) is 23.2. The monoisotopic (exact) mass is 266 g/mol. The molecule has 0 rings (SSSR count). The van der Waals surface area contributed by atoms with E-state index in [4.69, 9.17) is 0 Å². The first-order valence-corrected chi connectivity index (χ1v) is 5.97. The summed E-state index contributed by atoms with van der Waals surface area (Å²) in [6.45, 7) is 2.22. The number of carboxylic acids is 1. The molecule has 0 fully saturated rings. The van der Waals surface area contributed by atoms with Gasteiger partial charge in [-0.2, -0.15) is 0 Å². The average molecular weight is 266 g/mol. The third-order valence-corrected chi connectivity index (χ3v) is 2.48. The molecular formula is C12H23O3V-3. The van der Waals surface area contributed by atoms with E-state index in [0.717, 1.165) is 12.8 Å². The summed E-state index contributed by atoms with van der Waals surface area (Å²) in [7, 11) is 0. The Balaban J connectivity index is -0.000000845. The van der Waals surface area contributed by atoms with Crippen molar-refractivity contribution in [2.24, 2.45) is 0 Å². The minimum Gasteiger partial charge on any atom is -2.00 e. The fourth-order valence-corrected chi connectivity index (χ4v) is 1.58. The van der Waals surface area contributed by atoms with Crippen molar-refractivity contribution >= 4 is 5.97 Å². The zero-order valence-electron chi connectivity index (χ0n) is 10.2. The summed E-state index contributed by atoms with van der Waals surface area (Å²) in [5.74, 6) is -0.909. The zero-order chi connectivity index (χ0) is 10.6. The number of unbranched alkanes of at least 4 members (excludes halogenated alkanes) is 8. The van der Waals surface area contributed by atoms with Gasteiger partial charge in [0.05, 0.1) is 0 Å². The van der Waals surface area contributed by atoms with Gasteiger partial charge in [-0.05, 0) is 12.8 Å². The topological polar surface area (TPSA) is 68.6 Å². The van der Waals surface area contributed by atoms with Crippen molar-refractivity contribution in [3.05, 3.63) is 0 Å². The van der Waals surface area contributed by atoms with Crippen molar-refractivity contribution in [3.63, 3.8) is 0 Å². The maximum atomic E-state index is 10.1. The minimum absolute atomic E-state index is 0. The number of hydrogen-bond acceptors (Lipinski definition) is 2. The predicted molar refractivity (Wildman–Crippen MR) is 57.5 cm³/mol. The van der Waals surface area contributed by atoms with Gasteiger partial charge in [0.15, 0.2) is 0 Å². The van der Waals surface area contributed by atoms with Gasteiger partial charge in [-0.25, -0.2) is 0 Å². The van der Waals surface area contributed by atoms with Crippen LogP contribution in [0.15, 0.2) is 0 Å². The summed E-state index contributed by atoms with van der Waals surface area (Å²) < 4.78 is 0. The molecule has 1 radical (unpaired) electrons. The first kappa shape index (κ1) is 21.3. The molecule has 0 saturated carbocycles. The Morgan fingerprint density at radius 3 is 1.62 bits per heavy atom. The maximum Gasteiger partial charge on any atom is 0.0414 e. The van der Waals surface area contributed by atoms with E-state index in [1.165, 1.54) is 44.9 Å². The smallest absolute Gasteiger partial charge is 0.0414 e. The van der Waals surface area contributed by atoms with Gasteiger partial charge < -0.3 is 15.4 Å². The van der Waals surface area contributed by atoms with Crippen molar-refractivity contribution in [1.82, 2.24) is 0 Å². The van der Waals surface area contributed by atoms with Crippen LogP contribution in [-0.4, -0.2) is 5.97 Å². The molecule has 16 heavy (non-hydrogen) atoms. The number of carbonyl (C=O) groups excluding carboxylic acids is 1. The standard InChI is InChI=1S/C12H24O2.O.V/c1-2-3-4-5-6-7-8-9-10-11-12(13)14;;/h2-11H2,1H3,(H,13,14);;/q;-2;/p-1. The molecule has 0 aliphatic heterocycles. The zero-order valence-corrected chi connectivity index (χ0v) is 11.6. The van der Waals surface area contributed by atoms with Gasteiger partial charge in [0, 0.05) is 24.5 Å². The van der Waals surface area contributed by atoms with E-state index in [0.29, 0.717) is 0 Å². The van der Waals surface area contributed by atoms with Gasteiger partial charge in [0.1, 0.15) is 0 Å². The normalized spacial score (nSPS) is 9.06. The van der Waals surface area contributed by atoms with Crippen LogP contribution in [0.1, 0.15) is 71.1 Å². The third kappa shape index (κ3) is 19.6. The molecule has 0 aliphatic rings. The van der Waals surface area contributed by atoms with Crippen molar-refractivity contribution in [2.75, 3.05) is 0 Å². The molecule has 0 atom stereocenters.